The molecule has 0 amide bonds. The molecular formula is C14H24N2O. The molecule has 1 aromatic rings. The number of hydrogen-bond donors (Lipinski definition) is 1. The third-order valence-corrected chi connectivity index (χ3v) is 3.92. The lowest BCUT2D eigenvalue weighted by Crippen LogP contribution is -2.39. The quantitative estimate of drug-likeness (QED) is 0.872. The molecule has 17 heavy (non-hydrogen) atoms. The molecule has 0 aromatic carbocycles. The Kier molecular flexibility index (Phi) is 4.21. The molecule has 0 saturated heterocycles. The van der Waals surface area contributed by atoms with Crippen molar-refractivity contribution in [3.63, 3.8) is 0 Å². The van der Waals surface area contributed by atoms with Gasteiger partial charge in [-0.25, -0.2) is 4.98 Å². The Morgan fingerprint density at radius 3 is 2.94 bits per heavy atom. The first-order chi connectivity index (χ1) is 8.19. The normalized spacial score (nSPS) is 29.5. The summed E-state index contributed by atoms with van der Waals surface area (Å²) in [4.78, 5) is 4.29. The largest absolute Gasteiger partial charge is 0.444 e. The summed E-state index contributed by atoms with van der Waals surface area (Å²) < 4.78 is 5.61. The van der Waals surface area contributed by atoms with Gasteiger partial charge < -0.3 is 9.73 Å². The average molecular weight is 236 g/mol. The molecule has 0 bridgehead atoms. The van der Waals surface area contributed by atoms with Gasteiger partial charge in [-0.15, -0.1) is 0 Å². The Morgan fingerprint density at radius 1 is 1.41 bits per heavy atom. The molecule has 3 atom stereocenters. The van der Waals surface area contributed by atoms with Crippen molar-refractivity contribution in [1.29, 1.82) is 0 Å². The standard InChI is InChI=1S/C14H24N2O/c1-4-12-8-16-14(17-12)9-15-13-7-10(2)5-6-11(13)3/h8,10-11,13,15H,4-7,9H2,1-3H3. The number of oxazole rings is 1. The first-order valence-corrected chi connectivity index (χ1v) is 6.86. The summed E-state index contributed by atoms with van der Waals surface area (Å²) in [5.41, 5.74) is 0. The molecule has 3 nitrogen and oxygen atoms in total. The number of aromatic nitrogens is 1. The molecule has 1 fully saturated rings. The second kappa shape index (κ2) is 5.67. The van der Waals surface area contributed by atoms with Crippen LogP contribution in [0.1, 0.15) is 51.7 Å². The maximum Gasteiger partial charge on any atom is 0.208 e. The van der Waals surface area contributed by atoms with Gasteiger partial charge in [-0.2, -0.15) is 0 Å². The van der Waals surface area contributed by atoms with Gasteiger partial charge in [0.2, 0.25) is 5.89 Å². The lowest BCUT2D eigenvalue weighted by Gasteiger charge is -2.33. The molecule has 2 rings (SSSR count). The number of aryl methyl sites for hydroxylation is 1. The topological polar surface area (TPSA) is 38.1 Å². The molecule has 1 saturated carbocycles. The summed E-state index contributed by atoms with van der Waals surface area (Å²) in [7, 11) is 0. The van der Waals surface area contributed by atoms with Crippen molar-refractivity contribution in [3.05, 3.63) is 17.8 Å². The van der Waals surface area contributed by atoms with Crippen LogP contribution in [0.5, 0.6) is 0 Å². The highest BCUT2D eigenvalue weighted by Crippen LogP contribution is 2.28. The van der Waals surface area contributed by atoms with E-state index in [1.165, 1.54) is 19.3 Å². The molecule has 3 unspecified atom stereocenters. The fourth-order valence-electron chi connectivity index (χ4n) is 2.63. The summed E-state index contributed by atoms with van der Waals surface area (Å²) in [6, 6.07) is 0.621. The van der Waals surface area contributed by atoms with Gasteiger partial charge in [0.05, 0.1) is 12.7 Å². The third-order valence-electron chi connectivity index (χ3n) is 3.92. The van der Waals surface area contributed by atoms with Gasteiger partial charge in [0.1, 0.15) is 5.76 Å². The highest BCUT2D eigenvalue weighted by Gasteiger charge is 2.25. The number of rotatable bonds is 4. The van der Waals surface area contributed by atoms with Crippen molar-refractivity contribution in [2.75, 3.05) is 0 Å². The first-order valence-electron chi connectivity index (χ1n) is 6.86. The van der Waals surface area contributed by atoms with Crippen LogP contribution in [0.25, 0.3) is 0 Å². The molecule has 1 heterocycles. The van der Waals surface area contributed by atoms with Crippen molar-refractivity contribution in [2.45, 2.75) is 59.0 Å². The predicted octanol–water partition coefficient (Wildman–Crippen LogP) is 3.15. The lowest BCUT2D eigenvalue weighted by atomic mass is 9.80. The summed E-state index contributed by atoms with van der Waals surface area (Å²) in [5, 5.41) is 3.60. The highest BCUT2D eigenvalue weighted by molar-refractivity contribution is 4.94. The zero-order chi connectivity index (χ0) is 12.3. The van der Waals surface area contributed by atoms with Crippen LogP contribution in [0.15, 0.2) is 10.6 Å². The van der Waals surface area contributed by atoms with E-state index in [2.05, 4.69) is 31.1 Å². The van der Waals surface area contributed by atoms with Gasteiger partial charge in [-0.3, -0.25) is 0 Å². The molecule has 3 heteroatoms. The van der Waals surface area contributed by atoms with Gasteiger partial charge in [0, 0.05) is 12.5 Å². The summed E-state index contributed by atoms with van der Waals surface area (Å²) in [6.45, 7) is 7.54. The van der Waals surface area contributed by atoms with Crippen molar-refractivity contribution in [2.24, 2.45) is 11.8 Å². The van der Waals surface area contributed by atoms with E-state index in [1.807, 2.05) is 6.20 Å². The van der Waals surface area contributed by atoms with E-state index < -0.39 is 0 Å². The highest BCUT2D eigenvalue weighted by atomic mass is 16.4. The molecule has 96 valence electrons. The van der Waals surface area contributed by atoms with E-state index in [-0.39, 0.29) is 0 Å². The van der Waals surface area contributed by atoms with Crippen LogP contribution in [-0.4, -0.2) is 11.0 Å². The van der Waals surface area contributed by atoms with E-state index in [0.717, 1.165) is 36.5 Å². The predicted molar refractivity (Wildman–Crippen MR) is 68.7 cm³/mol. The van der Waals surface area contributed by atoms with E-state index >= 15 is 0 Å². The molecule has 0 aliphatic heterocycles. The van der Waals surface area contributed by atoms with Gasteiger partial charge >= 0.3 is 0 Å². The maximum atomic E-state index is 5.61. The summed E-state index contributed by atoms with van der Waals surface area (Å²) >= 11 is 0. The van der Waals surface area contributed by atoms with Crippen LogP contribution >= 0.6 is 0 Å². The van der Waals surface area contributed by atoms with Gasteiger partial charge in [0.25, 0.3) is 0 Å². The van der Waals surface area contributed by atoms with E-state index in [4.69, 9.17) is 4.42 Å². The maximum absolute atomic E-state index is 5.61. The van der Waals surface area contributed by atoms with Crippen LogP contribution in [0.3, 0.4) is 0 Å². The van der Waals surface area contributed by atoms with Crippen LogP contribution in [0.4, 0.5) is 0 Å². The van der Waals surface area contributed by atoms with Gasteiger partial charge in [0.15, 0.2) is 0 Å². The Balaban J connectivity index is 1.84. The van der Waals surface area contributed by atoms with Crippen molar-refractivity contribution >= 4 is 0 Å². The van der Waals surface area contributed by atoms with Crippen molar-refractivity contribution in [3.8, 4) is 0 Å². The Hall–Kier alpha value is -0.830. The van der Waals surface area contributed by atoms with Gasteiger partial charge in [-0.1, -0.05) is 27.2 Å². The zero-order valence-electron chi connectivity index (χ0n) is 11.2. The van der Waals surface area contributed by atoms with Crippen LogP contribution in [0, 0.1) is 11.8 Å². The molecule has 1 aliphatic carbocycles. The molecule has 1 aliphatic rings. The number of hydrogen-bond acceptors (Lipinski definition) is 3. The van der Waals surface area contributed by atoms with E-state index in [1.54, 1.807) is 0 Å². The zero-order valence-corrected chi connectivity index (χ0v) is 11.2. The van der Waals surface area contributed by atoms with Crippen LogP contribution in [-0.2, 0) is 13.0 Å². The monoisotopic (exact) mass is 236 g/mol. The van der Waals surface area contributed by atoms with Crippen molar-refractivity contribution < 1.29 is 4.42 Å². The van der Waals surface area contributed by atoms with Crippen molar-refractivity contribution in [1.82, 2.24) is 10.3 Å². The number of nitrogens with zero attached hydrogens (tertiary/aromatic N) is 1. The van der Waals surface area contributed by atoms with E-state index in [9.17, 15) is 0 Å². The number of nitrogens with one attached hydrogen (secondary N) is 1. The Bertz CT molecular complexity index is 348. The Morgan fingerprint density at radius 2 is 2.24 bits per heavy atom. The second-order valence-corrected chi connectivity index (χ2v) is 5.46. The minimum atomic E-state index is 0.621. The average Bonchev–Trinajstić information content (AvgIpc) is 2.78. The minimum Gasteiger partial charge on any atom is -0.444 e. The molecule has 0 spiro atoms. The third kappa shape index (κ3) is 3.32. The molecule has 0 radical (unpaired) electrons. The molecule has 1 N–H and O–H groups in total. The van der Waals surface area contributed by atoms with Crippen LogP contribution in [0.2, 0.25) is 0 Å². The lowest BCUT2D eigenvalue weighted by molar-refractivity contribution is 0.222. The second-order valence-electron chi connectivity index (χ2n) is 5.46. The SMILES string of the molecule is CCc1cnc(CNC2CC(C)CCC2C)o1. The summed E-state index contributed by atoms with van der Waals surface area (Å²) in [5.74, 6) is 3.42. The Labute approximate surface area is 104 Å². The first kappa shape index (κ1) is 12.6. The van der Waals surface area contributed by atoms with Gasteiger partial charge in [-0.05, 0) is 24.7 Å². The van der Waals surface area contributed by atoms with Crippen LogP contribution < -0.4 is 5.32 Å². The fraction of sp³-hybridized carbons (Fsp3) is 0.786. The summed E-state index contributed by atoms with van der Waals surface area (Å²) in [6.07, 6.45) is 6.75. The molecular weight excluding hydrogens is 212 g/mol. The molecule has 1 aromatic heterocycles. The van der Waals surface area contributed by atoms with E-state index in [0.29, 0.717) is 6.04 Å². The fourth-order valence-corrected chi connectivity index (χ4v) is 2.63. The smallest absolute Gasteiger partial charge is 0.208 e. The minimum absolute atomic E-state index is 0.621.